The maximum Gasteiger partial charge on any atom is 0.259 e. The molecule has 0 spiro atoms. The quantitative estimate of drug-likeness (QED) is 0.746. The lowest BCUT2D eigenvalue weighted by Gasteiger charge is -2.09. The van der Waals surface area contributed by atoms with E-state index in [-0.39, 0.29) is 11.9 Å². The molecule has 3 rings (SSSR count). The number of carbonyl (C=O) groups is 1. The number of pyridine rings is 1. The summed E-state index contributed by atoms with van der Waals surface area (Å²) in [5.41, 5.74) is 10.0. The van der Waals surface area contributed by atoms with Crippen LogP contribution in [0.1, 0.15) is 35.0 Å². The van der Waals surface area contributed by atoms with Crippen LogP contribution in [0.25, 0.3) is 22.4 Å². The van der Waals surface area contributed by atoms with E-state index in [1.54, 1.807) is 13.0 Å². The molecule has 1 atom stereocenters. The molecule has 2 aromatic heterocycles. The van der Waals surface area contributed by atoms with Gasteiger partial charge in [-0.05, 0) is 33.3 Å². The summed E-state index contributed by atoms with van der Waals surface area (Å²) in [6.45, 7) is 6.26. The third kappa shape index (κ3) is 3.69. The molecular formula is C19H22N4O2. The lowest BCUT2D eigenvalue weighted by atomic mass is 10.0. The van der Waals surface area contributed by atoms with Crippen LogP contribution in [0.2, 0.25) is 0 Å². The molecule has 2 heterocycles. The molecule has 0 saturated carbocycles. The molecule has 0 radical (unpaired) electrons. The Bertz CT molecular complexity index is 898. The van der Waals surface area contributed by atoms with Crippen LogP contribution in [0.4, 0.5) is 0 Å². The topological polar surface area (TPSA) is 94.0 Å². The number of nitrogens with zero attached hydrogens (tertiary/aromatic N) is 2. The van der Waals surface area contributed by atoms with E-state index in [1.807, 2.05) is 38.1 Å². The van der Waals surface area contributed by atoms with E-state index in [0.717, 1.165) is 11.1 Å². The number of benzene rings is 1. The third-order valence-corrected chi connectivity index (χ3v) is 4.09. The van der Waals surface area contributed by atoms with Crippen molar-refractivity contribution in [2.45, 2.75) is 33.2 Å². The Morgan fingerprint density at radius 1 is 1.28 bits per heavy atom. The highest BCUT2D eigenvalue weighted by Crippen LogP contribution is 2.27. The lowest BCUT2D eigenvalue weighted by molar-refractivity contribution is 0.0954. The van der Waals surface area contributed by atoms with Gasteiger partial charge in [-0.15, -0.1) is 0 Å². The van der Waals surface area contributed by atoms with Crippen molar-refractivity contribution in [1.29, 1.82) is 0 Å². The van der Waals surface area contributed by atoms with Crippen LogP contribution in [-0.2, 0) is 0 Å². The van der Waals surface area contributed by atoms with Crippen LogP contribution in [0.15, 0.2) is 34.9 Å². The highest BCUT2D eigenvalue weighted by atomic mass is 16.5. The van der Waals surface area contributed by atoms with E-state index in [2.05, 4.69) is 15.5 Å². The first-order valence-electron chi connectivity index (χ1n) is 8.33. The Hall–Kier alpha value is -2.73. The first-order valence-corrected chi connectivity index (χ1v) is 8.33. The zero-order chi connectivity index (χ0) is 18.0. The highest BCUT2D eigenvalue weighted by molar-refractivity contribution is 6.06. The maximum atomic E-state index is 12.7. The summed E-state index contributed by atoms with van der Waals surface area (Å²) in [5.74, 6) is -0.173. The predicted octanol–water partition coefficient (Wildman–Crippen LogP) is 2.97. The Balaban J connectivity index is 2.01. The molecule has 0 aliphatic rings. The minimum Gasteiger partial charge on any atom is -0.352 e. The van der Waals surface area contributed by atoms with Crippen molar-refractivity contribution < 1.29 is 9.32 Å². The van der Waals surface area contributed by atoms with Crippen LogP contribution in [-0.4, -0.2) is 28.6 Å². The summed E-state index contributed by atoms with van der Waals surface area (Å²) >= 11 is 0. The number of amides is 1. The minimum atomic E-state index is -0.173. The zero-order valence-corrected chi connectivity index (χ0v) is 14.7. The number of aryl methyl sites for hydroxylation is 2. The SMILES string of the molecule is Cc1ccc(-c2cc(C(=O)NCCC(C)N)c3c(C)noc3n2)cc1. The van der Waals surface area contributed by atoms with Gasteiger partial charge in [0.2, 0.25) is 0 Å². The Labute approximate surface area is 146 Å². The second-order valence-corrected chi connectivity index (χ2v) is 6.39. The van der Waals surface area contributed by atoms with Crippen LogP contribution in [0.5, 0.6) is 0 Å². The van der Waals surface area contributed by atoms with Gasteiger partial charge in [0.1, 0.15) is 0 Å². The molecule has 3 N–H and O–H groups in total. The Morgan fingerprint density at radius 2 is 2.00 bits per heavy atom. The molecule has 0 aliphatic heterocycles. The first-order chi connectivity index (χ1) is 12.0. The molecule has 3 aromatic rings. The van der Waals surface area contributed by atoms with Gasteiger partial charge in [-0.3, -0.25) is 4.79 Å². The summed E-state index contributed by atoms with van der Waals surface area (Å²) < 4.78 is 5.31. The van der Waals surface area contributed by atoms with Gasteiger partial charge in [0.25, 0.3) is 11.6 Å². The fraction of sp³-hybridized carbons (Fsp3) is 0.316. The number of nitrogens with two attached hydrogens (primary N) is 1. The average Bonchev–Trinajstić information content (AvgIpc) is 2.95. The van der Waals surface area contributed by atoms with Crippen molar-refractivity contribution in [2.24, 2.45) is 5.73 Å². The van der Waals surface area contributed by atoms with Crippen LogP contribution < -0.4 is 11.1 Å². The number of nitrogens with one attached hydrogen (secondary N) is 1. The van der Waals surface area contributed by atoms with Gasteiger partial charge in [0.15, 0.2) is 0 Å². The van der Waals surface area contributed by atoms with Gasteiger partial charge in [0, 0.05) is 18.2 Å². The van der Waals surface area contributed by atoms with E-state index in [9.17, 15) is 4.79 Å². The molecule has 25 heavy (non-hydrogen) atoms. The average molecular weight is 338 g/mol. The first kappa shape index (κ1) is 17.1. The Morgan fingerprint density at radius 3 is 2.68 bits per heavy atom. The molecule has 1 unspecified atom stereocenters. The molecule has 0 fully saturated rings. The fourth-order valence-corrected chi connectivity index (χ4v) is 2.65. The zero-order valence-electron chi connectivity index (χ0n) is 14.7. The van der Waals surface area contributed by atoms with Crippen molar-refractivity contribution >= 4 is 17.0 Å². The smallest absolute Gasteiger partial charge is 0.259 e. The van der Waals surface area contributed by atoms with Gasteiger partial charge < -0.3 is 15.6 Å². The summed E-state index contributed by atoms with van der Waals surface area (Å²) in [4.78, 5) is 17.2. The third-order valence-electron chi connectivity index (χ3n) is 4.09. The molecule has 0 saturated heterocycles. The molecule has 6 nitrogen and oxygen atoms in total. The number of hydrogen-bond donors (Lipinski definition) is 2. The van der Waals surface area contributed by atoms with Gasteiger partial charge >= 0.3 is 0 Å². The van der Waals surface area contributed by atoms with Crippen molar-refractivity contribution in [3.63, 3.8) is 0 Å². The van der Waals surface area contributed by atoms with Gasteiger partial charge in [-0.25, -0.2) is 4.98 Å². The summed E-state index contributed by atoms with van der Waals surface area (Å²) in [6, 6.07) is 9.80. The largest absolute Gasteiger partial charge is 0.352 e. The predicted molar refractivity (Wildman–Crippen MR) is 97.3 cm³/mol. The summed E-state index contributed by atoms with van der Waals surface area (Å²) in [5, 5.41) is 7.52. The van der Waals surface area contributed by atoms with E-state index >= 15 is 0 Å². The van der Waals surface area contributed by atoms with Crippen LogP contribution in [0.3, 0.4) is 0 Å². The van der Waals surface area contributed by atoms with E-state index in [1.165, 1.54) is 0 Å². The molecule has 0 bridgehead atoms. The molecular weight excluding hydrogens is 316 g/mol. The number of carbonyl (C=O) groups excluding carboxylic acids is 1. The van der Waals surface area contributed by atoms with Crippen molar-refractivity contribution in [2.75, 3.05) is 6.54 Å². The second-order valence-electron chi connectivity index (χ2n) is 6.39. The minimum absolute atomic E-state index is 0.0400. The number of fused-ring (bicyclic) bond motifs is 1. The van der Waals surface area contributed by atoms with E-state index in [0.29, 0.717) is 41.0 Å². The van der Waals surface area contributed by atoms with Crippen LogP contribution in [0, 0.1) is 13.8 Å². The van der Waals surface area contributed by atoms with Crippen LogP contribution >= 0.6 is 0 Å². The summed E-state index contributed by atoms with van der Waals surface area (Å²) in [7, 11) is 0. The normalized spacial score (nSPS) is 12.3. The maximum absolute atomic E-state index is 12.7. The van der Waals surface area contributed by atoms with Gasteiger partial charge in [-0.2, -0.15) is 0 Å². The summed E-state index contributed by atoms with van der Waals surface area (Å²) in [6.07, 6.45) is 0.716. The second kappa shape index (κ2) is 7.03. The number of rotatable bonds is 5. The van der Waals surface area contributed by atoms with Gasteiger partial charge in [0.05, 0.1) is 22.3 Å². The lowest BCUT2D eigenvalue weighted by Crippen LogP contribution is -2.29. The number of aromatic nitrogens is 2. The molecule has 1 aromatic carbocycles. The van der Waals surface area contributed by atoms with E-state index < -0.39 is 0 Å². The monoisotopic (exact) mass is 338 g/mol. The fourth-order valence-electron chi connectivity index (χ4n) is 2.65. The van der Waals surface area contributed by atoms with Gasteiger partial charge in [-0.1, -0.05) is 35.0 Å². The number of hydrogen-bond acceptors (Lipinski definition) is 5. The van der Waals surface area contributed by atoms with Crippen molar-refractivity contribution in [3.05, 3.63) is 47.2 Å². The molecule has 1 amide bonds. The van der Waals surface area contributed by atoms with Crippen molar-refractivity contribution in [3.8, 4) is 11.3 Å². The van der Waals surface area contributed by atoms with Crippen molar-refractivity contribution in [1.82, 2.24) is 15.5 Å². The molecule has 130 valence electrons. The Kier molecular flexibility index (Phi) is 4.81. The van der Waals surface area contributed by atoms with E-state index in [4.69, 9.17) is 10.3 Å². The highest BCUT2D eigenvalue weighted by Gasteiger charge is 2.19. The molecule has 6 heteroatoms. The standard InChI is InChI=1S/C19H22N4O2/c1-11-4-6-14(7-5-11)16-10-15(18(24)21-9-8-12(2)20)17-13(3)23-25-19(17)22-16/h4-7,10,12H,8-9,20H2,1-3H3,(H,21,24). The molecule has 0 aliphatic carbocycles.